The number of para-hydroxylation sites is 3. The van der Waals surface area contributed by atoms with Gasteiger partial charge < -0.3 is 13.9 Å². The van der Waals surface area contributed by atoms with Gasteiger partial charge in [0.25, 0.3) is 0 Å². The molecule has 0 fully saturated rings. The summed E-state index contributed by atoms with van der Waals surface area (Å²) in [5.74, 6) is 0. The molecule has 0 atom stereocenters. The van der Waals surface area contributed by atoms with Gasteiger partial charge in [0.15, 0.2) is 11.2 Å². The van der Waals surface area contributed by atoms with Crippen LogP contribution in [0.25, 0.3) is 79.0 Å². The van der Waals surface area contributed by atoms with Gasteiger partial charge in [0, 0.05) is 68.2 Å². The van der Waals surface area contributed by atoms with Crippen LogP contribution in [0.4, 0.5) is 17.1 Å². The Hall–Kier alpha value is -5.88. The van der Waals surface area contributed by atoms with Gasteiger partial charge in [-0.25, -0.2) is 0 Å². The van der Waals surface area contributed by atoms with E-state index in [1.165, 1.54) is 40.3 Å². The van der Waals surface area contributed by atoms with Gasteiger partial charge in [-0.3, -0.25) is 0 Å². The van der Waals surface area contributed by atoms with Crippen LogP contribution >= 0.6 is 22.7 Å². The molecule has 0 aliphatic rings. The quantitative estimate of drug-likeness (QED) is 0.187. The lowest BCUT2D eigenvalue weighted by Crippen LogP contribution is -2.10. The Balaban J connectivity index is 1.21. The first-order valence-electron chi connectivity index (χ1n) is 16.4. The Bertz CT molecular complexity index is 2960. The van der Waals surface area contributed by atoms with Crippen molar-refractivity contribution >= 4 is 113 Å². The Kier molecular flexibility index (Phi) is 5.70. The first kappa shape index (κ1) is 27.1. The van der Waals surface area contributed by atoms with Crippen LogP contribution in [0.5, 0.6) is 0 Å². The van der Waals surface area contributed by atoms with Crippen molar-refractivity contribution in [1.29, 1.82) is 0 Å². The van der Waals surface area contributed by atoms with Gasteiger partial charge in [0.2, 0.25) is 0 Å². The number of fused-ring (bicyclic) bond motifs is 11. The summed E-state index contributed by atoms with van der Waals surface area (Å²) in [5.41, 5.74) is 8.33. The average Bonchev–Trinajstić information content (AvgIpc) is 3.90. The van der Waals surface area contributed by atoms with Crippen molar-refractivity contribution in [1.82, 2.24) is 4.57 Å². The first-order valence-corrected chi connectivity index (χ1v) is 18.1. The van der Waals surface area contributed by atoms with Gasteiger partial charge in [-0.2, -0.15) is 0 Å². The fraction of sp³-hybridized carbons (Fsp3) is 0. The second kappa shape index (κ2) is 10.3. The van der Waals surface area contributed by atoms with Crippen molar-refractivity contribution in [2.75, 3.05) is 4.90 Å². The molecule has 4 aromatic heterocycles. The second-order valence-electron chi connectivity index (χ2n) is 12.5. The minimum atomic E-state index is 0.871. The maximum Gasteiger partial charge on any atom is 0.161 e. The standard InChI is InChI=1S/C44H26N2OS2/c1-2-11-27(12-3-1)46-36-17-7-4-15-34(36)44-42(46)35-16-10-18-37(43(35)47-44)45(28-21-23-32-30-13-5-8-19-38(30)48-40(32)25-28)29-22-24-33-31-14-6-9-20-39(31)49-41(33)26-29/h1-26H. The van der Waals surface area contributed by atoms with Crippen molar-refractivity contribution in [2.24, 2.45) is 0 Å². The molecule has 0 bridgehead atoms. The van der Waals surface area contributed by atoms with Crippen LogP contribution in [0.2, 0.25) is 0 Å². The number of thiophene rings is 2. The smallest absolute Gasteiger partial charge is 0.161 e. The predicted octanol–water partition coefficient (Wildman–Crippen LogP) is 13.7. The van der Waals surface area contributed by atoms with Crippen molar-refractivity contribution in [3.8, 4) is 5.69 Å². The number of aromatic nitrogens is 1. The summed E-state index contributed by atoms with van der Waals surface area (Å²) >= 11 is 3.70. The van der Waals surface area contributed by atoms with Crippen LogP contribution in [0.3, 0.4) is 0 Å². The lowest BCUT2D eigenvalue weighted by atomic mass is 10.1. The Labute approximate surface area is 289 Å². The molecule has 0 N–H and O–H groups in total. The highest BCUT2D eigenvalue weighted by Crippen LogP contribution is 2.47. The lowest BCUT2D eigenvalue weighted by Gasteiger charge is -2.25. The molecular weight excluding hydrogens is 637 g/mol. The number of hydrogen-bond donors (Lipinski definition) is 0. The molecule has 0 saturated carbocycles. The van der Waals surface area contributed by atoms with Crippen LogP contribution < -0.4 is 4.90 Å². The Morgan fingerprint density at radius 2 is 0.980 bits per heavy atom. The molecule has 3 nitrogen and oxygen atoms in total. The van der Waals surface area contributed by atoms with Gasteiger partial charge in [0.1, 0.15) is 5.52 Å². The highest BCUT2D eigenvalue weighted by Gasteiger charge is 2.24. The van der Waals surface area contributed by atoms with E-state index < -0.39 is 0 Å². The summed E-state index contributed by atoms with van der Waals surface area (Å²) in [6.45, 7) is 0. The van der Waals surface area contributed by atoms with E-state index >= 15 is 0 Å². The number of nitrogens with zero attached hydrogens (tertiary/aromatic N) is 2. The zero-order chi connectivity index (χ0) is 32.1. The summed E-state index contributed by atoms with van der Waals surface area (Å²) in [7, 11) is 0. The van der Waals surface area contributed by atoms with Crippen LogP contribution in [0.15, 0.2) is 162 Å². The molecule has 7 aromatic carbocycles. The van der Waals surface area contributed by atoms with Gasteiger partial charge in [-0.15, -0.1) is 22.7 Å². The minimum Gasteiger partial charge on any atom is -0.451 e. The van der Waals surface area contributed by atoms with E-state index in [0.717, 1.165) is 55.7 Å². The summed E-state index contributed by atoms with van der Waals surface area (Å²) in [6, 6.07) is 56.9. The summed E-state index contributed by atoms with van der Waals surface area (Å²) in [4.78, 5) is 2.38. The number of furan rings is 1. The van der Waals surface area contributed by atoms with Crippen molar-refractivity contribution < 1.29 is 4.42 Å². The maximum atomic E-state index is 7.04. The number of rotatable bonds is 4. The highest BCUT2D eigenvalue weighted by molar-refractivity contribution is 7.26. The van der Waals surface area contributed by atoms with E-state index in [1.54, 1.807) is 0 Å². The summed E-state index contributed by atoms with van der Waals surface area (Å²) < 4.78 is 14.5. The zero-order valence-corrected chi connectivity index (χ0v) is 27.8. The number of benzene rings is 7. The lowest BCUT2D eigenvalue weighted by molar-refractivity contribution is 0.673. The van der Waals surface area contributed by atoms with E-state index in [2.05, 4.69) is 167 Å². The van der Waals surface area contributed by atoms with Crippen molar-refractivity contribution in [3.63, 3.8) is 0 Å². The molecule has 0 unspecified atom stereocenters. The van der Waals surface area contributed by atoms with Gasteiger partial charge in [-0.05, 0) is 72.8 Å². The third-order valence-electron chi connectivity index (χ3n) is 9.78. The van der Waals surface area contributed by atoms with Crippen molar-refractivity contribution in [3.05, 3.63) is 158 Å². The van der Waals surface area contributed by atoms with E-state index in [-0.39, 0.29) is 0 Å². The van der Waals surface area contributed by atoms with E-state index in [9.17, 15) is 0 Å². The molecule has 0 saturated heterocycles. The Morgan fingerprint density at radius 1 is 0.429 bits per heavy atom. The molecule has 0 aliphatic heterocycles. The molecule has 11 aromatic rings. The van der Waals surface area contributed by atoms with Crippen molar-refractivity contribution in [2.45, 2.75) is 0 Å². The fourth-order valence-corrected chi connectivity index (χ4v) is 9.91. The van der Waals surface area contributed by atoms with Crippen LogP contribution in [-0.4, -0.2) is 4.57 Å². The molecule has 0 radical (unpaired) electrons. The molecular formula is C44H26N2OS2. The molecule has 230 valence electrons. The highest BCUT2D eigenvalue weighted by atomic mass is 32.1. The Morgan fingerprint density at radius 3 is 1.65 bits per heavy atom. The van der Waals surface area contributed by atoms with Gasteiger partial charge >= 0.3 is 0 Å². The van der Waals surface area contributed by atoms with Crippen LogP contribution in [0, 0.1) is 0 Å². The molecule has 0 amide bonds. The third kappa shape index (κ3) is 3.94. The molecule has 0 aliphatic carbocycles. The second-order valence-corrected chi connectivity index (χ2v) is 14.7. The zero-order valence-electron chi connectivity index (χ0n) is 26.1. The van der Waals surface area contributed by atoms with Crippen LogP contribution in [-0.2, 0) is 0 Å². The average molecular weight is 663 g/mol. The van der Waals surface area contributed by atoms with Crippen LogP contribution in [0.1, 0.15) is 0 Å². The van der Waals surface area contributed by atoms with Gasteiger partial charge in [-0.1, -0.05) is 84.9 Å². The normalized spacial score (nSPS) is 12.1. The number of hydrogen-bond acceptors (Lipinski definition) is 4. The molecule has 49 heavy (non-hydrogen) atoms. The topological polar surface area (TPSA) is 21.3 Å². The predicted molar refractivity (Wildman–Crippen MR) is 211 cm³/mol. The molecule has 0 spiro atoms. The fourth-order valence-electron chi connectivity index (χ4n) is 7.63. The van der Waals surface area contributed by atoms with E-state index in [0.29, 0.717) is 0 Å². The molecule has 11 rings (SSSR count). The first-order chi connectivity index (χ1) is 24.3. The summed E-state index contributed by atoms with van der Waals surface area (Å²) in [5, 5.41) is 7.37. The summed E-state index contributed by atoms with van der Waals surface area (Å²) in [6.07, 6.45) is 0. The minimum absolute atomic E-state index is 0.871. The SMILES string of the molecule is c1ccc(-n2c3ccccc3c3oc4c(N(c5ccc6c(c5)sc5ccccc56)c5ccc6c(c5)sc5ccccc56)cccc4c32)cc1. The molecule has 4 heterocycles. The third-order valence-corrected chi connectivity index (χ3v) is 12.0. The molecule has 5 heteroatoms. The monoisotopic (exact) mass is 662 g/mol. The number of anilines is 3. The van der Waals surface area contributed by atoms with Gasteiger partial charge in [0.05, 0.1) is 11.2 Å². The maximum absolute atomic E-state index is 7.04. The van der Waals surface area contributed by atoms with E-state index in [4.69, 9.17) is 4.42 Å². The van der Waals surface area contributed by atoms with E-state index in [1.807, 2.05) is 22.7 Å². The largest absolute Gasteiger partial charge is 0.451 e.